The molecule has 1 aromatic rings. The third kappa shape index (κ3) is 6.52. The molecule has 0 aliphatic rings. The molecule has 1 aromatic carbocycles. The molecule has 0 heterocycles. The molecule has 0 amide bonds. The Bertz CT molecular complexity index is 385. The van der Waals surface area contributed by atoms with Gasteiger partial charge in [0.15, 0.2) is 0 Å². The number of rotatable bonds is 9. The molecule has 1 rings (SSSR count). The van der Waals surface area contributed by atoms with Crippen LogP contribution in [0.3, 0.4) is 0 Å². The molecule has 0 saturated carbocycles. The SMILES string of the molecule is CCC(C)CC(CC)NC(C)c1ccc(OC(C)C)cc1. The van der Waals surface area contributed by atoms with Crippen LogP contribution < -0.4 is 10.1 Å². The lowest BCUT2D eigenvalue weighted by Crippen LogP contribution is -2.32. The largest absolute Gasteiger partial charge is 0.491 e. The van der Waals surface area contributed by atoms with Gasteiger partial charge < -0.3 is 10.1 Å². The molecule has 0 spiro atoms. The number of nitrogens with one attached hydrogen (secondary N) is 1. The summed E-state index contributed by atoms with van der Waals surface area (Å²) < 4.78 is 5.70. The van der Waals surface area contributed by atoms with Crippen LogP contribution >= 0.6 is 0 Å². The molecule has 2 heteroatoms. The van der Waals surface area contributed by atoms with Crippen LogP contribution in [0.15, 0.2) is 24.3 Å². The van der Waals surface area contributed by atoms with E-state index in [2.05, 4.69) is 71.1 Å². The Hall–Kier alpha value is -1.02. The fourth-order valence-electron chi connectivity index (χ4n) is 2.56. The summed E-state index contributed by atoms with van der Waals surface area (Å²) >= 11 is 0. The molecule has 0 fully saturated rings. The average molecular weight is 291 g/mol. The van der Waals surface area contributed by atoms with Gasteiger partial charge in [0.2, 0.25) is 0 Å². The van der Waals surface area contributed by atoms with E-state index in [4.69, 9.17) is 4.74 Å². The van der Waals surface area contributed by atoms with Crippen LogP contribution in [0.4, 0.5) is 0 Å². The lowest BCUT2D eigenvalue weighted by Gasteiger charge is -2.25. The molecule has 0 bridgehead atoms. The first-order valence-electron chi connectivity index (χ1n) is 8.48. The normalized spacial score (nSPS) is 15.8. The van der Waals surface area contributed by atoms with Crippen molar-refractivity contribution in [2.24, 2.45) is 5.92 Å². The van der Waals surface area contributed by atoms with Crippen molar-refractivity contribution in [3.05, 3.63) is 29.8 Å². The van der Waals surface area contributed by atoms with Crippen LogP contribution in [-0.4, -0.2) is 12.1 Å². The van der Waals surface area contributed by atoms with Gasteiger partial charge in [0, 0.05) is 12.1 Å². The molecule has 21 heavy (non-hydrogen) atoms. The molecule has 2 nitrogen and oxygen atoms in total. The molecule has 0 aliphatic carbocycles. The average Bonchev–Trinajstić information content (AvgIpc) is 2.46. The van der Waals surface area contributed by atoms with Gasteiger partial charge in [0.05, 0.1) is 6.10 Å². The van der Waals surface area contributed by atoms with Crippen molar-refractivity contribution >= 4 is 0 Å². The van der Waals surface area contributed by atoms with Crippen LogP contribution in [-0.2, 0) is 0 Å². The standard InChI is InChI=1S/C19H33NO/c1-7-15(5)13-18(8-2)20-16(6)17-9-11-19(12-10-17)21-14(3)4/h9-12,14-16,18,20H,7-8,13H2,1-6H3. The summed E-state index contributed by atoms with van der Waals surface area (Å²) in [6.45, 7) is 13.2. The highest BCUT2D eigenvalue weighted by atomic mass is 16.5. The quantitative estimate of drug-likeness (QED) is 0.663. The van der Waals surface area contributed by atoms with Crippen molar-refractivity contribution < 1.29 is 4.74 Å². The second kappa shape index (κ2) is 9.09. The van der Waals surface area contributed by atoms with E-state index in [1.165, 1.54) is 24.8 Å². The van der Waals surface area contributed by atoms with Crippen LogP contribution in [0, 0.1) is 5.92 Å². The van der Waals surface area contributed by atoms with Crippen molar-refractivity contribution in [3.8, 4) is 5.75 Å². The Morgan fingerprint density at radius 1 is 0.952 bits per heavy atom. The zero-order valence-electron chi connectivity index (χ0n) is 14.6. The lowest BCUT2D eigenvalue weighted by molar-refractivity contribution is 0.242. The van der Waals surface area contributed by atoms with Crippen molar-refractivity contribution in [2.45, 2.75) is 79.0 Å². The van der Waals surface area contributed by atoms with E-state index in [1.54, 1.807) is 0 Å². The van der Waals surface area contributed by atoms with Gasteiger partial charge in [-0.2, -0.15) is 0 Å². The monoisotopic (exact) mass is 291 g/mol. The summed E-state index contributed by atoms with van der Waals surface area (Å²) in [7, 11) is 0. The van der Waals surface area contributed by atoms with E-state index in [-0.39, 0.29) is 6.10 Å². The summed E-state index contributed by atoms with van der Waals surface area (Å²) in [5, 5.41) is 3.77. The number of ether oxygens (including phenoxy) is 1. The smallest absolute Gasteiger partial charge is 0.119 e. The second-order valence-electron chi connectivity index (χ2n) is 6.48. The van der Waals surface area contributed by atoms with Gasteiger partial charge in [-0.05, 0) is 57.2 Å². The minimum absolute atomic E-state index is 0.228. The highest BCUT2D eigenvalue weighted by Gasteiger charge is 2.14. The van der Waals surface area contributed by atoms with Crippen LogP contribution in [0.2, 0.25) is 0 Å². The molecule has 1 N–H and O–H groups in total. The third-order valence-corrected chi connectivity index (χ3v) is 4.11. The molecule has 0 aromatic heterocycles. The van der Waals surface area contributed by atoms with Crippen molar-refractivity contribution in [2.75, 3.05) is 0 Å². The molecular weight excluding hydrogens is 258 g/mol. The second-order valence-corrected chi connectivity index (χ2v) is 6.48. The number of hydrogen-bond acceptors (Lipinski definition) is 2. The molecule has 3 unspecified atom stereocenters. The molecule has 120 valence electrons. The third-order valence-electron chi connectivity index (χ3n) is 4.11. The Labute approximate surface area is 131 Å². The van der Waals surface area contributed by atoms with E-state index in [9.17, 15) is 0 Å². The first-order chi connectivity index (χ1) is 9.96. The number of hydrogen-bond donors (Lipinski definition) is 1. The molecule has 0 saturated heterocycles. The maximum Gasteiger partial charge on any atom is 0.119 e. The predicted octanol–water partition coefficient (Wildman–Crippen LogP) is 5.34. The lowest BCUT2D eigenvalue weighted by atomic mass is 9.96. The molecular formula is C19H33NO. The van der Waals surface area contributed by atoms with Crippen molar-refractivity contribution in [3.63, 3.8) is 0 Å². The maximum atomic E-state index is 5.70. The van der Waals surface area contributed by atoms with Gasteiger partial charge in [0.25, 0.3) is 0 Å². The topological polar surface area (TPSA) is 21.3 Å². The molecule has 3 atom stereocenters. The van der Waals surface area contributed by atoms with Gasteiger partial charge in [-0.15, -0.1) is 0 Å². The van der Waals surface area contributed by atoms with E-state index < -0.39 is 0 Å². The Kier molecular flexibility index (Phi) is 7.81. The van der Waals surface area contributed by atoms with Crippen LogP contribution in [0.1, 0.15) is 72.4 Å². The zero-order chi connectivity index (χ0) is 15.8. The summed E-state index contributed by atoms with van der Waals surface area (Å²) in [4.78, 5) is 0. The Morgan fingerprint density at radius 3 is 2.05 bits per heavy atom. The predicted molar refractivity (Wildman–Crippen MR) is 91.9 cm³/mol. The highest BCUT2D eigenvalue weighted by Crippen LogP contribution is 2.21. The van der Waals surface area contributed by atoms with E-state index in [0.29, 0.717) is 12.1 Å². The number of benzene rings is 1. The van der Waals surface area contributed by atoms with Gasteiger partial charge in [-0.25, -0.2) is 0 Å². The zero-order valence-corrected chi connectivity index (χ0v) is 14.6. The first-order valence-corrected chi connectivity index (χ1v) is 8.48. The summed E-state index contributed by atoms with van der Waals surface area (Å²) in [5.74, 6) is 1.74. The van der Waals surface area contributed by atoms with Gasteiger partial charge in [-0.1, -0.05) is 39.3 Å². The minimum Gasteiger partial charge on any atom is -0.491 e. The van der Waals surface area contributed by atoms with Gasteiger partial charge in [-0.3, -0.25) is 0 Å². The van der Waals surface area contributed by atoms with E-state index in [0.717, 1.165) is 11.7 Å². The van der Waals surface area contributed by atoms with E-state index in [1.807, 2.05) is 0 Å². The summed E-state index contributed by atoms with van der Waals surface area (Å²) in [5.41, 5.74) is 1.33. The maximum absolute atomic E-state index is 5.70. The van der Waals surface area contributed by atoms with Gasteiger partial charge in [0.1, 0.15) is 5.75 Å². The Morgan fingerprint density at radius 2 is 1.57 bits per heavy atom. The molecule has 0 radical (unpaired) electrons. The van der Waals surface area contributed by atoms with E-state index >= 15 is 0 Å². The summed E-state index contributed by atoms with van der Waals surface area (Å²) in [6.07, 6.45) is 3.93. The van der Waals surface area contributed by atoms with Crippen LogP contribution in [0.25, 0.3) is 0 Å². The van der Waals surface area contributed by atoms with Crippen molar-refractivity contribution in [1.29, 1.82) is 0 Å². The fourth-order valence-corrected chi connectivity index (χ4v) is 2.56. The van der Waals surface area contributed by atoms with Gasteiger partial charge >= 0.3 is 0 Å². The van der Waals surface area contributed by atoms with Crippen molar-refractivity contribution in [1.82, 2.24) is 5.32 Å². The Balaban J connectivity index is 2.59. The fraction of sp³-hybridized carbons (Fsp3) is 0.684. The minimum atomic E-state index is 0.228. The van der Waals surface area contributed by atoms with Crippen LogP contribution in [0.5, 0.6) is 5.75 Å². The first kappa shape index (κ1) is 18.0. The molecule has 0 aliphatic heterocycles. The highest BCUT2D eigenvalue weighted by molar-refractivity contribution is 5.29. The summed E-state index contributed by atoms with van der Waals surface area (Å²) in [6, 6.07) is 9.47.